The molecule has 1 fully saturated rings. The smallest absolute Gasteiger partial charge is 0.266 e. The normalized spacial score (nSPS) is 21.9. The Morgan fingerprint density at radius 3 is 2.43 bits per heavy atom. The molecule has 8 rings (SSSR count). The van der Waals surface area contributed by atoms with Crippen molar-refractivity contribution in [3.63, 3.8) is 0 Å². The van der Waals surface area contributed by atoms with Gasteiger partial charge in [-0.15, -0.1) is 5.10 Å². The number of fused-ring (bicyclic) bond motifs is 4. The lowest BCUT2D eigenvalue weighted by Crippen LogP contribution is -2.46. The highest BCUT2D eigenvalue weighted by atomic mass is 28.4. The van der Waals surface area contributed by atoms with Crippen LogP contribution in [0.25, 0.3) is 0 Å². The maximum absolute atomic E-state index is 15.0. The van der Waals surface area contributed by atoms with Crippen LogP contribution in [0, 0.1) is 5.92 Å². The Morgan fingerprint density at radius 1 is 0.944 bits per heavy atom. The van der Waals surface area contributed by atoms with Crippen LogP contribution in [0.5, 0.6) is 17.2 Å². The lowest BCUT2D eigenvalue weighted by atomic mass is 9.82. The van der Waals surface area contributed by atoms with Gasteiger partial charge in [-0.2, -0.15) is 0 Å². The number of ether oxygens (including phenoxy) is 3. The fourth-order valence-corrected chi connectivity index (χ4v) is 11.1. The molecule has 2 N–H and O–H groups in total. The highest BCUT2D eigenvalue weighted by molar-refractivity contribution is 6.71. The Balaban J connectivity index is 1.11. The van der Waals surface area contributed by atoms with Crippen LogP contribution in [-0.4, -0.2) is 64.8 Å². The number of hydrogen-bond acceptors (Lipinski definition) is 9. The average molecular weight is 746 g/mol. The van der Waals surface area contributed by atoms with Gasteiger partial charge in [0.25, 0.3) is 11.8 Å². The van der Waals surface area contributed by atoms with Crippen molar-refractivity contribution in [1.82, 2.24) is 15.0 Å². The minimum Gasteiger partial charge on any atom is -0.497 e. The second kappa shape index (κ2) is 13.8. The number of rotatable bonds is 10. The van der Waals surface area contributed by atoms with E-state index in [1.165, 1.54) is 0 Å². The molecule has 0 radical (unpaired) electrons. The number of aryl methyl sites for hydroxylation is 1. The minimum atomic E-state index is -2.88. The van der Waals surface area contributed by atoms with Crippen LogP contribution in [0.2, 0.25) is 18.6 Å². The molecule has 54 heavy (non-hydrogen) atoms. The summed E-state index contributed by atoms with van der Waals surface area (Å²) < 4.78 is 20.5. The van der Waals surface area contributed by atoms with Crippen LogP contribution < -0.4 is 19.3 Å². The number of anilines is 3. The number of amides is 2. The molecule has 4 atom stereocenters. The molecule has 4 aromatic carbocycles. The Kier molecular flexibility index (Phi) is 9.13. The van der Waals surface area contributed by atoms with Gasteiger partial charge in [-0.1, -0.05) is 48.5 Å². The molecular formula is C41H43N5O7Si. The Hall–Kier alpha value is -5.34. The van der Waals surface area contributed by atoms with E-state index in [0.29, 0.717) is 59.3 Å². The van der Waals surface area contributed by atoms with Gasteiger partial charge < -0.3 is 29.0 Å². The molecule has 1 saturated heterocycles. The predicted octanol–water partition coefficient (Wildman–Crippen LogP) is 6.34. The molecule has 4 heterocycles. The van der Waals surface area contributed by atoms with Crippen molar-refractivity contribution in [2.45, 2.75) is 63.2 Å². The molecule has 5 aromatic rings. The number of aliphatic hydroxyl groups is 1. The van der Waals surface area contributed by atoms with Gasteiger partial charge in [0.15, 0.2) is 19.7 Å². The lowest BCUT2D eigenvalue weighted by molar-refractivity contribution is -0.146. The van der Waals surface area contributed by atoms with E-state index in [-0.39, 0.29) is 36.4 Å². The molecule has 12 nitrogen and oxygen atoms in total. The average Bonchev–Trinajstić information content (AvgIpc) is 3.78. The molecule has 0 unspecified atom stereocenters. The molecular weight excluding hydrogens is 703 g/mol. The number of para-hydroxylation sites is 3. The monoisotopic (exact) mass is 745 g/mol. The van der Waals surface area contributed by atoms with Crippen molar-refractivity contribution < 1.29 is 33.7 Å². The van der Waals surface area contributed by atoms with E-state index in [0.717, 1.165) is 16.8 Å². The number of aromatic nitrogens is 3. The first-order valence-electron chi connectivity index (χ1n) is 18.2. The Labute approximate surface area is 314 Å². The number of benzene rings is 4. The number of hydrogen-bond donors (Lipinski definition) is 2. The molecule has 0 aliphatic carbocycles. The topological polar surface area (TPSA) is 139 Å². The Morgan fingerprint density at radius 2 is 1.69 bits per heavy atom. The second-order valence-corrected chi connectivity index (χ2v) is 18.7. The van der Waals surface area contributed by atoms with Crippen LogP contribution in [0.1, 0.15) is 40.5 Å². The molecule has 278 valence electrons. The summed E-state index contributed by atoms with van der Waals surface area (Å²) in [6, 6.07) is 27.9. The van der Waals surface area contributed by atoms with Crippen LogP contribution in [0.4, 0.5) is 17.1 Å². The predicted molar refractivity (Wildman–Crippen MR) is 205 cm³/mol. The number of carbonyl (C=O) groups is 2. The standard InChI is InChI=1S/C41H43N5O7Si/c1-26-38(54(3,4)50)37(19-21-44-25-28(20-22-47)42-43-44)53-41(26)32-23-30(51-2)17-18-33(32)45(40(41)49)24-27-13-15-29(16-14-27)46-34-10-6-8-12-36(34)52-35-11-7-5-9-31(35)39(46)48/h5-18,23,25-26,37-38,47,50H,19-22,24H2,1-4H3/t26-,37+,38-,41+/m1/s1. The maximum Gasteiger partial charge on any atom is 0.266 e. The number of carbonyl (C=O) groups excluding carboxylic acids is 2. The van der Waals surface area contributed by atoms with Gasteiger partial charge in [-0.3, -0.25) is 19.2 Å². The van der Waals surface area contributed by atoms with Crippen molar-refractivity contribution in [2.75, 3.05) is 23.5 Å². The summed E-state index contributed by atoms with van der Waals surface area (Å²) in [7, 11) is -1.29. The van der Waals surface area contributed by atoms with Gasteiger partial charge in [-0.05, 0) is 79.7 Å². The van der Waals surface area contributed by atoms with E-state index >= 15 is 0 Å². The molecule has 13 heteroatoms. The summed E-state index contributed by atoms with van der Waals surface area (Å²) in [4.78, 5) is 44.1. The summed E-state index contributed by atoms with van der Waals surface area (Å²) in [5, 5.41) is 17.7. The zero-order chi connectivity index (χ0) is 37.8. The fraction of sp³-hybridized carbons (Fsp3) is 0.317. The molecule has 1 aromatic heterocycles. The first-order valence-corrected chi connectivity index (χ1v) is 21.3. The quantitative estimate of drug-likeness (QED) is 0.157. The van der Waals surface area contributed by atoms with E-state index in [1.54, 1.807) is 33.7 Å². The summed E-state index contributed by atoms with van der Waals surface area (Å²) in [5.74, 6) is 0.935. The summed E-state index contributed by atoms with van der Waals surface area (Å²) >= 11 is 0. The first kappa shape index (κ1) is 35.7. The fourth-order valence-electron chi connectivity index (χ4n) is 8.55. The van der Waals surface area contributed by atoms with Gasteiger partial charge in [0, 0.05) is 48.5 Å². The van der Waals surface area contributed by atoms with Crippen molar-refractivity contribution >= 4 is 37.2 Å². The zero-order valence-corrected chi connectivity index (χ0v) is 31.7. The first-order chi connectivity index (χ1) is 26.0. The van der Waals surface area contributed by atoms with Crippen LogP contribution in [0.15, 0.2) is 97.2 Å². The second-order valence-electron chi connectivity index (χ2n) is 14.7. The highest BCUT2D eigenvalue weighted by Gasteiger charge is 2.66. The third kappa shape index (κ3) is 5.97. The molecule has 3 aliphatic rings. The van der Waals surface area contributed by atoms with Gasteiger partial charge in [0.2, 0.25) is 0 Å². The van der Waals surface area contributed by atoms with Crippen molar-refractivity contribution in [3.8, 4) is 17.2 Å². The van der Waals surface area contributed by atoms with Crippen molar-refractivity contribution in [3.05, 3.63) is 120 Å². The SMILES string of the molecule is COc1ccc2c(c1)[C@]1(O[C@@H](CCn3cc(CCO)nn3)[C@H]([Si](C)(C)O)[C@H]1C)C(=O)N2Cc1ccc(N2C(=O)c3ccccc3Oc3ccccc32)cc1. The van der Waals surface area contributed by atoms with Crippen molar-refractivity contribution in [1.29, 1.82) is 0 Å². The third-order valence-electron chi connectivity index (χ3n) is 11.0. The summed E-state index contributed by atoms with van der Waals surface area (Å²) in [6.07, 6.45) is 2.31. The maximum atomic E-state index is 15.0. The van der Waals surface area contributed by atoms with Crippen LogP contribution in [-0.2, 0) is 34.6 Å². The molecule has 1 spiro atoms. The summed E-state index contributed by atoms with van der Waals surface area (Å²) in [5.41, 5.74) is 3.15. The molecule has 3 aliphatic heterocycles. The van der Waals surface area contributed by atoms with Crippen LogP contribution in [0.3, 0.4) is 0 Å². The zero-order valence-electron chi connectivity index (χ0n) is 30.7. The summed E-state index contributed by atoms with van der Waals surface area (Å²) in [6.45, 7) is 6.54. The van der Waals surface area contributed by atoms with E-state index in [9.17, 15) is 19.5 Å². The highest BCUT2D eigenvalue weighted by Crippen LogP contribution is 2.60. The molecule has 0 bridgehead atoms. The molecule has 2 amide bonds. The molecule has 0 saturated carbocycles. The minimum absolute atomic E-state index is 0.0143. The van der Waals surface area contributed by atoms with E-state index in [2.05, 4.69) is 10.3 Å². The van der Waals surface area contributed by atoms with Gasteiger partial charge >= 0.3 is 0 Å². The third-order valence-corrected chi connectivity index (χ3v) is 13.5. The van der Waals surface area contributed by atoms with Crippen LogP contribution >= 0.6 is 0 Å². The van der Waals surface area contributed by atoms with Gasteiger partial charge in [0.05, 0.1) is 42.4 Å². The van der Waals surface area contributed by atoms with E-state index in [1.807, 2.05) is 105 Å². The number of aliphatic hydroxyl groups excluding tert-OH is 1. The Bertz CT molecular complexity index is 2220. The van der Waals surface area contributed by atoms with Gasteiger partial charge in [-0.25, -0.2) is 0 Å². The lowest BCUT2D eigenvalue weighted by Gasteiger charge is -2.32. The van der Waals surface area contributed by atoms with E-state index < -0.39 is 20.0 Å². The number of methoxy groups -OCH3 is 1. The largest absolute Gasteiger partial charge is 0.497 e. The van der Waals surface area contributed by atoms with E-state index in [4.69, 9.17) is 14.2 Å². The van der Waals surface area contributed by atoms with Gasteiger partial charge in [0.1, 0.15) is 11.5 Å². The number of nitrogens with zero attached hydrogens (tertiary/aromatic N) is 5. The van der Waals surface area contributed by atoms with Crippen molar-refractivity contribution in [2.24, 2.45) is 5.92 Å².